The molecule has 1 atom stereocenters. The lowest BCUT2D eigenvalue weighted by Gasteiger charge is -2.35. The lowest BCUT2D eigenvalue weighted by atomic mass is 10.0. The molecular weight excluding hydrogens is 421 g/mol. The predicted octanol–water partition coefficient (Wildman–Crippen LogP) is 4.73. The highest BCUT2D eigenvalue weighted by Gasteiger charge is 2.27. The highest BCUT2D eigenvalue weighted by atomic mass is 19.4. The van der Waals surface area contributed by atoms with Crippen LogP contribution in [0.3, 0.4) is 0 Å². The van der Waals surface area contributed by atoms with Crippen LogP contribution in [0.1, 0.15) is 46.8 Å². The minimum atomic E-state index is -4.35. The second kappa shape index (κ2) is 11.3. The maximum atomic E-state index is 12.7. The molecule has 1 saturated heterocycles. The molecule has 3 rings (SSSR count). The van der Waals surface area contributed by atoms with E-state index in [9.17, 15) is 18.0 Å². The minimum Gasteiger partial charge on any atom is -0.497 e. The molecule has 2 aromatic rings. The molecule has 0 spiro atoms. The lowest BCUT2D eigenvalue weighted by molar-refractivity contribution is -0.176. The Bertz CT molecular complexity index is 848. The fraction of sp³-hybridized carbons (Fsp3) is 0.458. The molecule has 1 N–H and O–H groups in total. The topological polar surface area (TPSA) is 50.8 Å². The van der Waals surface area contributed by atoms with Crippen LogP contribution in [0.5, 0.6) is 5.75 Å². The lowest BCUT2D eigenvalue weighted by Crippen LogP contribution is -2.40. The van der Waals surface area contributed by atoms with Crippen LogP contribution in [0.4, 0.5) is 13.2 Å². The van der Waals surface area contributed by atoms with E-state index in [0.29, 0.717) is 17.7 Å². The summed E-state index contributed by atoms with van der Waals surface area (Å²) in [5.41, 5.74) is 2.15. The Labute approximate surface area is 186 Å². The van der Waals surface area contributed by atoms with Crippen LogP contribution in [0.25, 0.3) is 0 Å². The molecule has 0 saturated carbocycles. The first-order valence-electron chi connectivity index (χ1n) is 10.8. The first-order valence-corrected chi connectivity index (χ1v) is 10.8. The first-order chi connectivity index (χ1) is 15.4. The number of carbonyl (C=O) groups is 1. The van der Waals surface area contributed by atoms with Crippen LogP contribution < -0.4 is 10.1 Å². The molecule has 8 heteroatoms. The molecule has 5 nitrogen and oxygen atoms in total. The minimum absolute atomic E-state index is 0.0557. The van der Waals surface area contributed by atoms with E-state index in [1.54, 1.807) is 31.4 Å². The van der Waals surface area contributed by atoms with Crippen molar-refractivity contribution in [2.24, 2.45) is 0 Å². The number of hydrogen-bond donors (Lipinski definition) is 1. The smallest absolute Gasteiger partial charge is 0.411 e. The summed E-state index contributed by atoms with van der Waals surface area (Å²) in [5.74, 6) is 0.567. The van der Waals surface area contributed by atoms with Gasteiger partial charge in [0.2, 0.25) is 0 Å². The van der Waals surface area contributed by atoms with Gasteiger partial charge in [0.15, 0.2) is 0 Å². The van der Waals surface area contributed by atoms with E-state index in [2.05, 4.69) is 15.0 Å². The van der Waals surface area contributed by atoms with Gasteiger partial charge in [-0.1, -0.05) is 30.7 Å². The number of amides is 1. The molecule has 1 heterocycles. The van der Waals surface area contributed by atoms with E-state index in [0.717, 1.165) is 37.2 Å². The van der Waals surface area contributed by atoms with Crippen molar-refractivity contribution >= 4 is 5.91 Å². The van der Waals surface area contributed by atoms with E-state index >= 15 is 0 Å². The Hall–Kier alpha value is -2.58. The van der Waals surface area contributed by atoms with Crippen molar-refractivity contribution in [1.82, 2.24) is 10.2 Å². The highest BCUT2D eigenvalue weighted by molar-refractivity contribution is 5.94. The van der Waals surface area contributed by atoms with Gasteiger partial charge in [0, 0.05) is 12.1 Å². The maximum Gasteiger partial charge on any atom is 0.411 e. The van der Waals surface area contributed by atoms with Crippen LogP contribution in [0.15, 0.2) is 48.5 Å². The van der Waals surface area contributed by atoms with Crippen LogP contribution in [-0.2, 0) is 11.3 Å². The quantitative estimate of drug-likeness (QED) is 0.600. The average Bonchev–Trinajstić information content (AvgIpc) is 2.80. The van der Waals surface area contributed by atoms with E-state index in [1.807, 2.05) is 24.3 Å². The molecule has 0 bridgehead atoms. The number of methoxy groups -OCH3 is 1. The third kappa shape index (κ3) is 7.24. The normalized spacial score (nSPS) is 15.9. The molecule has 32 heavy (non-hydrogen) atoms. The number of carbonyl (C=O) groups excluding carboxylic acids is 1. The molecular formula is C24H29F3N2O3. The summed E-state index contributed by atoms with van der Waals surface area (Å²) in [4.78, 5) is 15.1. The molecule has 1 amide bonds. The third-order valence-electron chi connectivity index (χ3n) is 5.54. The largest absolute Gasteiger partial charge is 0.497 e. The molecule has 0 radical (unpaired) electrons. The summed E-state index contributed by atoms with van der Waals surface area (Å²) < 4.78 is 46.5. The summed E-state index contributed by atoms with van der Waals surface area (Å²) >= 11 is 0. The van der Waals surface area contributed by atoms with Crippen molar-refractivity contribution in [2.75, 3.05) is 33.4 Å². The SMILES string of the molecule is COc1ccc(C(CNC(=O)c2ccc(COCC(F)(F)F)cc2)N2CCCCC2)cc1. The highest BCUT2D eigenvalue weighted by Crippen LogP contribution is 2.26. The Morgan fingerprint density at radius 3 is 2.28 bits per heavy atom. The molecule has 1 aliphatic rings. The number of halogens is 3. The van der Waals surface area contributed by atoms with Gasteiger partial charge in [-0.15, -0.1) is 0 Å². The Morgan fingerprint density at radius 1 is 1.03 bits per heavy atom. The summed E-state index contributed by atoms with van der Waals surface area (Å²) in [7, 11) is 1.63. The molecule has 174 valence electrons. The monoisotopic (exact) mass is 450 g/mol. The molecule has 0 aromatic heterocycles. The van der Waals surface area contributed by atoms with E-state index in [-0.39, 0.29) is 18.6 Å². The van der Waals surface area contributed by atoms with Gasteiger partial charge in [0.05, 0.1) is 19.8 Å². The Kier molecular flexibility index (Phi) is 8.53. The molecule has 1 aliphatic heterocycles. The number of alkyl halides is 3. The van der Waals surface area contributed by atoms with Crippen molar-refractivity contribution in [3.63, 3.8) is 0 Å². The summed E-state index contributed by atoms with van der Waals surface area (Å²) in [5, 5.41) is 3.01. The standard InChI is InChI=1S/C24H29F3N2O3/c1-31-21-11-9-19(10-12-21)22(29-13-3-2-4-14-29)15-28-23(30)20-7-5-18(6-8-20)16-32-17-24(25,26)27/h5-12,22H,2-4,13-17H2,1H3,(H,28,30). The summed E-state index contributed by atoms with van der Waals surface area (Å²) in [6.07, 6.45) is -0.858. The first kappa shape index (κ1) is 24.1. The number of piperidine rings is 1. The van der Waals surface area contributed by atoms with Gasteiger partial charge in [-0.2, -0.15) is 13.2 Å². The van der Waals surface area contributed by atoms with Crippen molar-refractivity contribution in [2.45, 2.75) is 38.1 Å². The van der Waals surface area contributed by atoms with Gasteiger partial charge < -0.3 is 14.8 Å². The second-order valence-electron chi connectivity index (χ2n) is 7.90. The van der Waals surface area contributed by atoms with Crippen LogP contribution in [0, 0.1) is 0 Å². The van der Waals surface area contributed by atoms with Crippen molar-refractivity contribution < 1.29 is 27.4 Å². The van der Waals surface area contributed by atoms with Gasteiger partial charge >= 0.3 is 6.18 Å². The Morgan fingerprint density at radius 2 is 1.69 bits per heavy atom. The molecule has 1 unspecified atom stereocenters. The predicted molar refractivity (Wildman–Crippen MR) is 116 cm³/mol. The van der Waals surface area contributed by atoms with Gasteiger partial charge in [0.25, 0.3) is 5.91 Å². The number of nitrogens with zero attached hydrogens (tertiary/aromatic N) is 1. The number of benzene rings is 2. The molecule has 1 fully saturated rings. The zero-order valence-electron chi connectivity index (χ0n) is 18.2. The van der Waals surface area contributed by atoms with E-state index in [1.165, 1.54) is 6.42 Å². The fourth-order valence-corrected chi connectivity index (χ4v) is 3.84. The van der Waals surface area contributed by atoms with Crippen LogP contribution >= 0.6 is 0 Å². The van der Waals surface area contributed by atoms with Gasteiger partial charge in [-0.25, -0.2) is 0 Å². The van der Waals surface area contributed by atoms with E-state index in [4.69, 9.17) is 4.74 Å². The zero-order chi connectivity index (χ0) is 23.0. The van der Waals surface area contributed by atoms with Crippen molar-refractivity contribution in [3.8, 4) is 5.75 Å². The van der Waals surface area contributed by atoms with Crippen molar-refractivity contribution in [3.05, 3.63) is 65.2 Å². The van der Waals surface area contributed by atoms with Gasteiger partial charge in [-0.05, 0) is 61.3 Å². The summed E-state index contributed by atoms with van der Waals surface area (Å²) in [6, 6.07) is 14.4. The summed E-state index contributed by atoms with van der Waals surface area (Å²) in [6.45, 7) is 0.981. The number of hydrogen-bond acceptors (Lipinski definition) is 4. The Balaban J connectivity index is 1.60. The molecule has 0 aliphatic carbocycles. The fourth-order valence-electron chi connectivity index (χ4n) is 3.84. The van der Waals surface area contributed by atoms with Crippen LogP contribution in [-0.4, -0.2) is 50.3 Å². The number of ether oxygens (including phenoxy) is 2. The third-order valence-corrected chi connectivity index (χ3v) is 5.54. The number of nitrogens with one attached hydrogen (secondary N) is 1. The van der Waals surface area contributed by atoms with Gasteiger partial charge in [-0.3, -0.25) is 9.69 Å². The second-order valence-corrected chi connectivity index (χ2v) is 7.90. The number of rotatable bonds is 9. The van der Waals surface area contributed by atoms with Gasteiger partial charge in [0.1, 0.15) is 12.4 Å². The average molecular weight is 451 g/mol. The zero-order valence-corrected chi connectivity index (χ0v) is 18.2. The molecule has 2 aromatic carbocycles. The van der Waals surface area contributed by atoms with Crippen LogP contribution in [0.2, 0.25) is 0 Å². The number of likely N-dealkylation sites (tertiary alicyclic amines) is 1. The van der Waals surface area contributed by atoms with Crippen molar-refractivity contribution in [1.29, 1.82) is 0 Å². The van der Waals surface area contributed by atoms with E-state index < -0.39 is 12.8 Å². The maximum absolute atomic E-state index is 12.7.